The zero-order valence-electron chi connectivity index (χ0n) is 19.4. The molecule has 0 saturated carbocycles. The normalized spacial score (nSPS) is 14.4. The van der Waals surface area contributed by atoms with Crippen molar-refractivity contribution in [3.05, 3.63) is 77.6 Å². The number of hydrogen-bond acceptors (Lipinski definition) is 5. The summed E-state index contributed by atoms with van der Waals surface area (Å²) in [5.41, 5.74) is 3.63. The summed E-state index contributed by atoms with van der Waals surface area (Å²) >= 11 is 0. The van der Waals surface area contributed by atoms with E-state index in [0.717, 1.165) is 55.2 Å². The molecule has 0 spiro atoms. The summed E-state index contributed by atoms with van der Waals surface area (Å²) in [7, 11) is 2.15. The van der Waals surface area contributed by atoms with Crippen LogP contribution in [0.1, 0.15) is 34.3 Å². The molecule has 7 nitrogen and oxygen atoms in total. The third-order valence-electron chi connectivity index (χ3n) is 5.98. The second-order valence-electron chi connectivity index (χ2n) is 8.51. The van der Waals surface area contributed by atoms with Gasteiger partial charge in [-0.3, -0.25) is 9.69 Å². The molecular weight excluding hydrogens is 416 g/mol. The summed E-state index contributed by atoms with van der Waals surface area (Å²) in [6.07, 6.45) is 5.92. The molecule has 1 amide bonds. The van der Waals surface area contributed by atoms with E-state index in [1.165, 1.54) is 0 Å². The molecule has 1 N–H and O–H groups in total. The quantitative estimate of drug-likeness (QED) is 0.542. The van der Waals surface area contributed by atoms with Gasteiger partial charge in [0.15, 0.2) is 0 Å². The topological polar surface area (TPSA) is 68.6 Å². The number of carbonyl (C=O) groups excluding carboxylic acids is 1. The van der Waals surface area contributed by atoms with Crippen LogP contribution in [-0.4, -0.2) is 60.0 Å². The van der Waals surface area contributed by atoms with Crippen LogP contribution in [0.4, 0.5) is 0 Å². The molecule has 7 heteroatoms. The fraction of sp³-hybridized carbons (Fsp3) is 0.385. The van der Waals surface area contributed by atoms with Crippen LogP contribution in [0, 0.1) is 6.92 Å². The molecule has 3 aromatic rings. The number of aromatic nitrogens is 2. The number of aryl methyl sites for hydroxylation is 1. The molecule has 1 aliphatic rings. The Morgan fingerprint density at radius 3 is 2.73 bits per heavy atom. The molecule has 0 radical (unpaired) electrons. The minimum absolute atomic E-state index is 0.109. The number of nitrogens with zero attached hydrogens (tertiary/aromatic N) is 3. The molecule has 4 rings (SSSR count). The van der Waals surface area contributed by atoms with E-state index < -0.39 is 0 Å². The van der Waals surface area contributed by atoms with E-state index in [2.05, 4.69) is 22.4 Å². The summed E-state index contributed by atoms with van der Waals surface area (Å²) in [5.74, 6) is 0.712. The average molecular weight is 449 g/mol. The first-order chi connectivity index (χ1) is 16.1. The Labute approximate surface area is 195 Å². The highest BCUT2D eigenvalue weighted by molar-refractivity contribution is 5.94. The maximum atomic E-state index is 12.6. The van der Waals surface area contributed by atoms with Crippen molar-refractivity contribution in [1.29, 1.82) is 0 Å². The molecule has 2 heterocycles. The second kappa shape index (κ2) is 11.1. The third kappa shape index (κ3) is 6.43. The van der Waals surface area contributed by atoms with Crippen molar-refractivity contribution < 1.29 is 14.3 Å². The van der Waals surface area contributed by atoms with E-state index in [9.17, 15) is 4.79 Å². The highest BCUT2D eigenvalue weighted by Gasteiger charge is 2.18. The fourth-order valence-electron chi connectivity index (χ4n) is 3.97. The van der Waals surface area contributed by atoms with Gasteiger partial charge in [-0.15, -0.1) is 0 Å². The van der Waals surface area contributed by atoms with Gasteiger partial charge in [0.1, 0.15) is 12.4 Å². The maximum absolute atomic E-state index is 12.6. The number of nitrogens with one attached hydrogen (secondary N) is 1. The number of rotatable bonds is 9. The van der Waals surface area contributed by atoms with E-state index in [-0.39, 0.29) is 5.91 Å². The van der Waals surface area contributed by atoms with Gasteiger partial charge >= 0.3 is 0 Å². The van der Waals surface area contributed by atoms with Crippen LogP contribution >= 0.6 is 0 Å². The molecule has 0 atom stereocenters. The van der Waals surface area contributed by atoms with Crippen molar-refractivity contribution in [2.45, 2.75) is 32.4 Å². The summed E-state index contributed by atoms with van der Waals surface area (Å²) < 4.78 is 13.2. The smallest absolute Gasteiger partial charge is 0.251 e. The van der Waals surface area contributed by atoms with Crippen LogP contribution in [-0.2, 0) is 11.3 Å². The lowest BCUT2D eigenvalue weighted by atomic mass is 10.1. The Bertz CT molecular complexity index is 1040. The molecule has 1 aliphatic heterocycles. The van der Waals surface area contributed by atoms with Crippen molar-refractivity contribution in [2.24, 2.45) is 0 Å². The van der Waals surface area contributed by atoms with Gasteiger partial charge < -0.3 is 14.8 Å². The zero-order valence-corrected chi connectivity index (χ0v) is 19.4. The number of likely N-dealkylation sites (N-methyl/N-ethyl adjacent to an activating group) is 1. The van der Waals surface area contributed by atoms with E-state index >= 15 is 0 Å². The number of benzene rings is 2. The Hall–Kier alpha value is -3.16. The lowest BCUT2D eigenvalue weighted by molar-refractivity contribution is 0.0392. The second-order valence-corrected chi connectivity index (χ2v) is 8.51. The van der Waals surface area contributed by atoms with Crippen LogP contribution in [0.3, 0.4) is 0 Å². The monoisotopic (exact) mass is 448 g/mol. The van der Waals surface area contributed by atoms with Crippen molar-refractivity contribution in [2.75, 3.05) is 33.4 Å². The van der Waals surface area contributed by atoms with Crippen LogP contribution in [0.2, 0.25) is 0 Å². The molecule has 1 fully saturated rings. The largest absolute Gasteiger partial charge is 0.492 e. The Balaban J connectivity index is 1.24. The van der Waals surface area contributed by atoms with Crippen molar-refractivity contribution >= 4 is 5.91 Å². The van der Waals surface area contributed by atoms with E-state index in [1.807, 2.05) is 67.8 Å². The molecule has 33 heavy (non-hydrogen) atoms. The van der Waals surface area contributed by atoms with Crippen molar-refractivity contribution in [3.8, 4) is 11.4 Å². The summed E-state index contributed by atoms with van der Waals surface area (Å²) in [6.45, 7) is 5.64. The lowest BCUT2D eigenvalue weighted by Gasteiger charge is -2.31. The van der Waals surface area contributed by atoms with Crippen molar-refractivity contribution in [1.82, 2.24) is 20.0 Å². The van der Waals surface area contributed by atoms with E-state index in [0.29, 0.717) is 24.8 Å². The van der Waals surface area contributed by atoms with Crippen LogP contribution < -0.4 is 10.1 Å². The predicted molar refractivity (Wildman–Crippen MR) is 128 cm³/mol. The first kappa shape index (κ1) is 23.0. The van der Waals surface area contributed by atoms with Gasteiger partial charge in [0.25, 0.3) is 5.91 Å². The summed E-state index contributed by atoms with van der Waals surface area (Å²) in [4.78, 5) is 14.9. The van der Waals surface area contributed by atoms with Crippen LogP contribution in [0.25, 0.3) is 5.69 Å². The van der Waals surface area contributed by atoms with Gasteiger partial charge in [0.05, 0.1) is 11.9 Å². The zero-order chi connectivity index (χ0) is 23.0. The Morgan fingerprint density at radius 1 is 1.21 bits per heavy atom. The van der Waals surface area contributed by atoms with Gasteiger partial charge in [-0.05, 0) is 74.3 Å². The molecule has 2 aromatic carbocycles. The Morgan fingerprint density at radius 2 is 2.00 bits per heavy atom. The Kier molecular flexibility index (Phi) is 7.75. The molecule has 1 saturated heterocycles. The SMILES string of the molecule is Cc1cnn(-c2ccc(C(=O)NCc3cccc(OCCN(C)C4CCOCC4)c3)cc2)c1. The van der Waals surface area contributed by atoms with Crippen LogP contribution in [0.15, 0.2) is 60.9 Å². The number of ether oxygens (including phenoxy) is 2. The van der Waals surface area contributed by atoms with Gasteiger partial charge in [-0.2, -0.15) is 5.10 Å². The maximum Gasteiger partial charge on any atom is 0.251 e. The van der Waals surface area contributed by atoms with Crippen LogP contribution in [0.5, 0.6) is 5.75 Å². The first-order valence-electron chi connectivity index (χ1n) is 11.5. The highest BCUT2D eigenvalue weighted by Crippen LogP contribution is 2.16. The van der Waals surface area contributed by atoms with Gasteiger partial charge in [-0.1, -0.05) is 12.1 Å². The summed E-state index contributed by atoms with van der Waals surface area (Å²) in [6, 6.07) is 15.9. The summed E-state index contributed by atoms with van der Waals surface area (Å²) in [5, 5.41) is 7.28. The molecule has 0 bridgehead atoms. The first-order valence-corrected chi connectivity index (χ1v) is 11.5. The number of amides is 1. The molecular formula is C26H32N4O3. The minimum Gasteiger partial charge on any atom is -0.492 e. The molecule has 0 unspecified atom stereocenters. The van der Waals surface area contributed by atoms with E-state index in [4.69, 9.17) is 9.47 Å². The molecule has 0 aliphatic carbocycles. The lowest BCUT2D eigenvalue weighted by Crippen LogP contribution is -2.38. The van der Waals surface area contributed by atoms with Gasteiger partial charge in [0, 0.05) is 44.1 Å². The standard InChI is InChI=1S/C26H32N4O3/c1-20-17-28-30(19-20)24-8-6-22(7-9-24)26(31)27-18-21-4-3-5-25(16-21)33-15-12-29(2)23-10-13-32-14-11-23/h3-9,16-17,19,23H,10-15,18H2,1-2H3,(H,27,31). The number of hydrogen-bond donors (Lipinski definition) is 1. The highest BCUT2D eigenvalue weighted by atomic mass is 16.5. The minimum atomic E-state index is -0.109. The average Bonchev–Trinajstić information content (AvgIpc) is 3.29. The van der Waals surface area contributed by atoms with Gasteiger partial charge in [-0.25, -0.2) is 4.68 Å². The van der Waals surface area contributed by atoms with Crippen molar-refractivity contribution in [3.63, 3.8) is 0 Å². The fourth-order valence-corrected chi connectivity index (χ4v) is 3.97. The third-order valence-corrected chi connectivity index (χ3v) is 5.98. The molecule has 1 aromatic heterocycles. The van der Waals surface area contributed by atoms with Gasteiger partial charge in [0.2, 0.25) is 0 Å². The molecule has 174 valence electrons. The number of carbonyl (C=O) groups is 1. The van der Waals surface area contributed by atoms with E-state index in [1.54, 1.807) is 4.68 Å². The predicted octanol–water partition coefficient (Wildman–Crippen LogP) is 3.60.